The van der Waals surface area contributed by atoms with Crippen LogP contribution in [0, 0.1) is 3.70 Å². The number of aromatic nitrogens is 3. The van der Waals surface area contributed by atoms with E-state index < -0.39 is 0 Å². The summed E-state index contributed by atoms with van der Waals surface area (Å²) in [6, 6.07) is 1.98. The van der Waals surface area contributed by atoms with Gasteiger partial charge in [0, 0.05) is 0 Å². The van der Waals surface area contributed by atoms with E-state index in [-0.39, 0.29) is 0 Å². The molecule has 0 N–H and O–H groups in total. The number of hydrogen-bond acceptors (Lipinski definition) is 3. The normalized spacial score (nSPS) is 11.0. The lowest BCUT2D eigenvalue weighted by Gasteiger charge is -2.00. The van der Waals surface area contributed by atoms with Gasteiger partial charge in [0.25, 0.3) is 0 Å². The van der Waals surface area contributed by atoms with Gasteiger partial charge in [0.15, 0.2) is 5.65 Å². The van der Waals surface area contributed by atoms with Gasteiger partial charge in [-0.05, 0) is 50.8 Å². The first-order valence-corrected chi connectivity index (χ1v) is 6.56. The summed E-state index contributed by atoms with van der Waals surface area (Å²) in [6.45, 7) is 0. The number of halogens is 2. The van der Waals surface area contributed by atoms with Crippen LogP contribution < -0.4 is 0 Å². The van der Waals surface area contributed by atoms with Crippen LogP contribution in [0.1, 0.15) is 0 Å². The second kappa shape index (κ2) is 3.74. The van der Waals surface area contributed by atoms with Crippen LogP contribution in [0.5, 0.6) is 0 Å². The van der Waals surface area contributed by atoms with Crippen molar-refractivity contribution in [2.75, 3.05) is 6.26 Å². The average Bonchev–Trinajstić information content (AvgIpc) is 2.47. The Morgan fingerprint density at radius 2 is 2.38 bits per heavy atom. The van der Waals surface area contributed by atoms with Gasteiger partial charge in [-0.25, -0.2) is 9.50 Å². The van der Waals surface area contributed by atoms with Crippen LogP contribution in [-0.2, 0) is 0 Å². The molecular formula is C7H5BrIN3S. The van der Waals surface area contributed by atoms with Crippen molar-refractivity contribution in [3.63, 3.8) is 0 Å². The minimum Gasteiger partial charge on any atom is -0.233 e. The molecule has 3 nitrogen and oxygen atoms in total. The quantitative estimate of drug-likeness (QED) is 0.572. The van der Waals surface area contributed by atoms with Crippen molar-refractivity contribution >= 4 is 55.9 Å². The van der Waals surface area contributed by atoms with E-state index in [0.29, 0.717) is 0 Å². The summed E-state index contributed by atoms with van der Waals surface area (Å²) in [5, 5.41) is 4.29. The maximum absolute atomic E-state index is 4.29. The van der Waals surface area contributed by atoms with Gasteiger partial charge < -0.3 is 0 Å². The van der Waals surface area contributed by atoms with Crippen molar-refractivity contribution in [1.82, 2.24) is 14.6 Å². The highest BCUT2D eigenvalue weighted by Gasteiger charge is 2.07. The number of hydrogen-bond donors (Lipinski definition) is 0. The van der Waals surface area contributed by atoms with E-state index in [1.165, 1.54) is 0 Å². The summed E-state index contributed by atoms with van der Waals surface area (Å²) >= 11 is 7.25. The monoisotopic (exact) mass is 369 g/mol. The highest BCUT2D eigenvalue weighted by Crippen LogP contribution is 2.23. The van der Waals surface area contributed by atoms with Crippen LogP contribution in [0.25, 0.3) is 5.65 Å². The van der Waals surface area contributed by atoms with Gasteiger partial charge in [0.05, 0.1) is 11.1 Å². The molecular weight excluding hydrogens is 365 g/mol. The number of rotatable bonds is 1. The van der Waals surface area contributed by atoms with E-state index >= 15 is 0 Å². The van der Waals surface area contributed by atoms with Crippen molar-refractivity contribution in [1.29, 1.82) is 0 Å². The fourth-order valence-corrected chi connectivity index (χ4v) is 2.60. The Balaban J connectivity index is 2.84. The molecule has 2 rings (SSSR count). The van der Waals surface area contributed by atoms with Gasteiger partial charge in [-0.15, -0.1) is 11.8 Å². The minimum atomic E-state index is 0.834. The van der Waals surface area contributed by atoms with Crippen molar-refractivity contribution < 1.29 is 0 Å². The van der Waals surface area contributed by atoms with E-state index in [0.717, 1.165) is 18.8 Å². The number of nitrogens with zero attached hydrogens (tertiary/aromatic N) is 3. The molecule has 2 aromatic heterocycles. The molecule has 0 radical (unpaired) electrons. The zero-order valence-corrected chi connectivity index (χ0v) is 11.2. The smallest absolute Gasteiger partial charge is 0.168 e. The number of imidazole rings is 1. The van der Waals surface area contributed by atoms with Crippen LogP contribution in [-0.4, -0.2) is 20.9 Å². The van der Waals surface area contributed by atoms with Crippen LogP contribution in [0.3, 0.4) is 0 Å². The van der Waals surface area contributed by atoms with E-state index in [1.54, 1.807) is 11.8 Å². The SMILES string of the molecule is CSc1cc(Br)nn2c(I)cnc12. The Bertz CT molecular complexity index is 456. The lowest BCUT2D eigenvalue weighted by Crippen LogP contribution is -1.95. The molecule has 0 saturated carbocycles. The molecule has 2 aromatic rings. The van der Waals surface area contributed by atoms with Crippen LogP contribution in [0.4, 0.5) is 0 Å². The fraction of sp³-hybridized carbons (Fsp3) is 0.143. The van der Waals surface area contributed by atoms with E-state index in [1.807, 2.05) is 23.0 Å². The Morgan fingerprint density at radius 1 is 1.62 bits per heavy atom. The van der Waals surface area contributed by atoms with E-state index in [2.05, 4.69) is 48.6 Å². The molecule has 68 valence electrons. The minimum absolute atomic E-state index is 0.834. The fourth-order valence-electron chi connectivity index (χ4n) is 1.04. The number of fused-ring (bicyclic) bond motifs is 1. The van der Waals surface area contributed by atoms with E-state index in [9.17, 15) is 0 Å². The summed E-state index contributed by atoms with van der Waals surface area (Å²) in [7, 11) is 0. The molecule has 6 heteroatoms. The first kappa shape index (κ1) is 9.72. The standard InChI is InChI=1S/C7H5BrIN3S/c1-13-4-2-5(8)11-12-6(9)3-10-7(4)12/h2-3H,1H3. The van der Waals surface area contributed by atoms with Crippen molar-refractivity contribution in [2.24, 2.45) is 0 Å². The van der Waals surface area contributed by atoms with Gasteiger partial charge >= 0.3 is 0 Å². The zero-order valence-electron chi connectivity index (χ0n) is 6.66. The summed E-state index contributed by atoms with van der Waals surface area (Å²) < 4.78 is 3.68. The molecule has 0 saturated heterocycles. The zero-order chi connectivity index (χ0) is 9.42. The molecule has 2 heterocycles. The maximum atomic E-state index is 4.29. The van der Waals surface area contributed by atoms with Gasteiger partial charge in [-0.3, -0.25) is 0 Å². The van der Waals surface area contributed by atoms with Gasteiger partial charge in [0.1, 0.15) is 8.30 Å². The second-order valence-corrected chi connectivity index (χ2v) is 5.12. The molecule has 0 bridgehead atoms. The maximum Gasteiger partial charge on any atom is 0.168 e. The molecule has 0 unspecified atom stereocenters. The Labute approximate surface area is 102 Å². The van der Waals surface area contributed by atoms with Crippen molar-refractivity contribution in [3.05, 3.63) is 20.6 Å². The van der Waals surface area contributed by atoms with Crippen LogP contribution in [0.2, 0.25) is 0 Å². The predicted molar refractivity (Wildman–Crippen MR) is 65.2 cm³/mol. The largest absolute Gasteiger partial charge is 0.233 e. The second-order valence-electron chi connectivity index (χ2n) is 2.35. The molecule has 0 aliphatic heterocycles. The molecule has 0 aromatic carbocycles. The first-order valence-electron chi connectivity index (χ1n) is 3.46. The molecule has 0 spiro atoms. The average molecular weight is 370 g/mol. The molecule has 13 heavy (non-hydrogen) atoms. The third-order valence-corrected chi connectivity index (χ3v) is 3.45. The first-order chi connectivity index (χ1) is 6.22. The summed E-state index contributed by atoms with van der Waals surface area (Å²) in [4.78, 5) is 5.41. The summed E-state index contributed by atoms with van der Waals surface area (Å²) in [5.41, 5.74) is 0.917. The van der Waals surface area contributed by atoms with Crippen molar-refractivity contribution in [3.8, 4) is 0 Å². The molecule has 0 amide bonds. The highest BCUT2D eigenvalue weighted by atomic mass is 127. The summed E-state index contributed by atoms with van der Waals surface area (Å²) in [6.07, 6.45) is 3.85. The third kappa shape index (κ3) is 1.71. The van der Waals surface area contributed by atoms with Gasteiger partial charge in [-0.1, -0.05) is 0 Å². The lowest BCUT2D eigenvalue weighted by molar-refractivity contribution is 0.879. The Hall–Kier alpha value is 0.180. The third-order valence-electron chi connectivity index (χ3n) is 1.58. The summed E-state index contributed by atoms with van der Waals surface area (Å²) in [5.74, 6) is 0. The molecule has 0 atom stereocenters. The van der Waals surface area contributed by atoms with Crippen LogP contribution >= 0.6 is 50.3 Å². The molecule has 0 fully saturated rings. The topological polar surface area (TPSA) is 30.2 Å². The Kier molecular flexibility index (Phi) is 2.80. The lowest BCUT2D eigenvalue weighted by atomic mass is 10.5. The molecule has 0 aliphatic rings. The van der Waals surface area contributed by atoms with Gasteiger partial charge in [-0.2, -0.15) is 5.10 Å². The van der Waals surface area contributed by atoms with Crippen molar-refractivity contribution in [2.45, 2.75) is 4.90 Å². The molecule has 0 aliphatic carbocycles. The Morgan fingerprint density at radius 3 is 3.08 bits per heavy atom. The number of thioether (sulfide) groups is 1. The predicted octanol–water partition coefficient (Wildman–Crippen LogP) is 2.82. The van der Waals surface area contributed by atoms with Gasteiger partial charge in [0.2, 0.25) is 0 Å². The van der Waals surface area contributed by atoms with Crippen LogP contribution in [0.15, 0.2) is 21.8 Å². The highest BCUT2D eigenvalue weighted by molar-refractivity contribution is 14.1. The van der Waals surface area contributed by atoms with E-state index in [4.69, 9.17) is 0 Å².